The quantitative estimate of drug-likeness (QED) is 0.851. The van der Waals surface area contributed by atoms with Gasteiger partial charge in [-0.25, -0.2) is 9.97 Å². The van der Waals surface area contributed by atoms with Gasteiger partial charge < -0.3 is 15.8 Å². The summed E-state index contributed by atoms with van der Waals surface area (Å²) in [5.41, 5.74) is 7.09. The first-order chi connectivity index (χ1) is 8.72. The maximum atomic E-state index is 6.14. The van der Waals surface area contributed by atoms with Gasteiger partial charge in [-0.3, -0.25) is 0 Å². The molecule has 0 spiro atoms. The van der Waals surface area contributed by atoms with E-state index in [-0.39, 0.29) is 0 Å². The fourth-order valence-corrected chi connectivity index (χ4v) is 2.54. The Hall–Kier alpha value is -1.36. The maximum absolute atomic E-state index is 6.14. The lowest BCUT2D eigenvalue weighted by Crippen LogP contribution is -2.37. The Labute approximate surface area is 108 Å². The van der Waals surface area contributed by atoms with Crippen LogP contribution in [0, 0.1) is 12.8 Å². The largest absolute Gasteiger partial charge is 0.481 e. The SMILES string of the molecule is COc1ncnc(NCC2CCCCC2N)c1C. The first-order valence-electron chi connectivity index (χ1n) is 6.57. The molecule has 5 nitrogen and oxygen atoms in total. The van der Waals surface area contributed by atoms with E-state index in [0.29, 0.717) is 17.8 Å². The highest BCUT2D eigenvalue weighted by molar-refractivity contribution is 5.47. The van der Waals surface area contributed by atoms with Gasteiger partial charge in [0, 0.05) is 12.6 Å². The standard InChI is InChI=1S/C13H22N4O/c1-9-12(16-8-17-13(9)18-2)15-7-10-5-3-4-6-11(10)14/h8,10-11H,3-7,14H2,1-2H3,(H,15,16,17). The van der Waals surface area contributed by atoms with Crippen LogP contribution in [0.2, 0.25) is 0 Å². The molecule has 1 aromatic heterocycles. The van der Waals surface area contributed by atoms with E-state index in [1.54, 1.807) is 7.11 Å². The molecule has 0 saturated heterocycles. The number of nitrogens with one attached hydrogen (secondary N) is 1. The molecule has 2 unspecified atom stereocenters. The van der Waals surface area contributed by atoms with Crippen molar-refractivity contribution in [2.75, 3.05) is 19.0 Å². The lowest BCUT2D eigenvalue weighted by molar-refractivity contribution is 0.321. The smallest absolute Gasteiger partial charge is 0.221 e. The van der Waals surface area contributed by atoms with Gasteiger partial charge in [-0.05, 0) is 25.7 Å². The number of nitrogens with zero attached hydrogens (tertiary/aromatic N) is 2. The van der Waals surface area contributed by atoms with Crippen molar-refractivity contribution in [3.8, 4) is 5.88 Å². The number of anilines is 1. The number of methoxy groups -OCH3 is 1. The van der Waals surface area contributed by atoms with Crippen LogP contribution in [-0.2, 0) is 0 Å². The van der Waals surface area contributed by atoms with Crippen LogP contribution in [0.1, 0.15) is 31.2 Å². The van der Waals surface area contributed by atoms with Crippen molar-refractivity contribution in [3.63, 3.8) is 0 Å². The van der Waals surface area contributed by atoms with Crippen molar-refractivity contribution in [1.29, 1.82) is 0 Å². The van der Waals surface area contributed by atoms with Crippen LogP contribution in [0.3, 0.4) is 0 Å². The Kier molecular flexibility index (Phi) is 4.36. The molecule has 1 aromatic rings. The van der Waals surface area contributed by atoms with Gasteiger partial charge in [-0.2, -0.15) is 0 Å². The Bertz CT molecular complexity index is 397. The molecule has 1 aliphatic rings. The predicted molar refractivity (Wildman–Crippen MR) is 71.7 cm³/mol. The normalized spacial score (nSPS) is 23.7. The molecule has 1 fully saturated rings. The van der Waals surface area contributed by atoms with E-state index in [2.05, 4.69) is 15.3 Å². The van der Waals surface area contributed by atoms with Crippen molar-refractivity contribution in [2.24, 2.45) is 11.7 Å². The second-order valence-corrected chi connectivity index (χ2v) is 4.95. The second kappa shape index (κ2) is 6.00. The zero-order chi connectivity index (χ0) is 13.0. The summed E-state index contributed by atoms with van der Waals surface area (Å²) >= 11 is 0. The minimum atomic E-state index is 0.315. The molecule has 0 amide bonds. The third-order valence-corrected chi connectivity index (χ3v) is 3.73. The minimum Gasteiger partial charge on any atom is -0.481 e. The molecular weight excluding hydrogens is 228 g/mol. The third-order valence-electron chi connectivity index (χ3n) is 3.73. The molecule has 100 valence electrons. The van der Waals surface area contributed by atoms with Crippen LogP contribution < -0.4 is 15.8 Å². The van der Waals surface area contributed by atoms with E-state index in [4.69, 9.17) is 10.5 Å². The number of aromatic nitrogens is 2. The van der Waals surface area contributed by atoms with Crippen molar-refractivity contribution < 1.29 is 4.74 Å². The molecular formula is C13H22N4O. The first-order valence-corrected chi connectivity index (χ1v) is 6.57. The van der Waals surface area contributed by atoms with Crippen LogP contribution in [0.25, 0.3) is 0 Å². The molecule has 0 radical (unpaired) electrons. The van der Waals surface area contributed by atoms with Gasteiger partial charge in [-0.15, -0.1) is 0 Å². The number of hydrogen-bond donors (Lipinski definition) is 2. The zero-order valence-electron chi connectivity index (χ0n) is 11.1. The van der Waals surface area contributed by atoms with Crippen molar-refractivity contribution in [3.05, 3.63) is 11.9 Å². The Balaban J connectivity index is 1.97. The Morgan fingerprint density at radius 2 is 2.17 bits per heavy atom. The molecule has 0 aromatic carbocycles. The first kappa shape index (κ1) is 13.1. The summed E-state index contributed by atoms with van der Waals surface area (Å²) in [6.07, 6.45) is 6.41. The second-order valence-electron chi connectivity index (χ2n) is 4.95. The molecule has 0 aliphatic heterocycles. The summed E-state index contributed by atoms with van der Waals surface area (Å²) in [4.78, 5) is 8.32. The van der Waals surface area contributed by atoms with Crippen LogP contribution >= 0.6 is 0 Å². The highest BCUT2D eigenvalue weighted by atomic mass is 16.5. The van der Waals surface area contributed by atoms with E-state index < -0.39 is 0 Å². The van der Waals surface area contributed by atoms with E-state index in [1.165, 1.54) is 25.6 Å². The number of rotatable bonds is 4. The van der Waals surface area contributed by atoms with Crippen molar-refractivity contribution in [1.82, 2.24) is 9.97 Å². The van der Waals surface area contributed by atoms with Crippen LogP contribution in [-0.4, -0.2) is 29.7 Å². The van der Waals surface area contributed by atoms with Gasteiger partial charge in [0.2, 0.25) is 5.88 Å². The van der Waals surface area contributed by atoms with Crippen LogP contribution in [0.4, 0.5) is 5.82 Å². The lowest BCUT2D eigenvalue weighted by Gasteiger charge is -2.29. The van der Waals surface area contributed by atoms with Gasteiger partial charge in [0.1, 0.15) is 12.1 Å². The molecule has 5 heteroatoms. The summed E-state index contributed by atoms with van der Waals surface area (Å²) in [6.45, 7) is 2.84. The molecule has 18 heavy (non-hydrogen) atoms. The summed E-state index contributed by atoms with van der Waals surface area (Å²) in [5.74, 6) is 2.01. The molecule has 2 atom stereocenters. The third kappa shape index (κ3) is 2.90. The van der Waals surface area contributed by atoms with Gasteiger partial charge in [-0.1, -0.05) is 12.8 Å². The van der Waals surface area contributed by atoms with E-state index in [1.807, 2.05) is 6.92 Å². The summed E-state index contributed by atoms with van der Waals surface area (Å²) in [7, 11) is 1.62. The fourth-order valence-electron chi connectivity index (χ4n) is 2.54. The molecule has 0 bridgehead atoms. The molecule has 1 heterocycles. The number of hydrogen-bond acceptors (Lipinski definition) is 5. The van der Waals surface area contributed by atoms with E-state index in [0.717, 1.165) is 24.3 Å². The van der Waals surface area contributed by atoms with Crippen molar-refractivity contribution >= 4 is 5.82 Å². The van der Waals surface area contributed by atoms with E-state index >= 15 is 0 Å². The molecule has 1 saturated carbocycles. The van der Waals surface area contributed by atoms with Gasteiger partial charge in [0.15, 0.2) is 0 Å². The summed E-state index contributed by atoms with van der Waals surface area (Å²) in [5, 5.41) is 3.38. The summed E-state index contributed by atoms with van der Waals surface area (Å²) < 4.78 is 5.18. The van der Waals surface area contributed by atoms with Gasteiger partial charge in [0.25, 0.3) is 0 Å². The Morgan fingerprint density at radius 3 is 2.89 bits per heavy atom. The fraction of sp³-hybridized carbons (Fsp3) is 0.692. The average molecular weight is 250 g/mol. The molecule has 3 N–H and O–H groups in total. The monoisotopic (exact) mass is 250 g/mol. The molecule has 2 rings (SSSR count). The highest BCUT2D eigenvalue weighted by Crippen LogP contribution is 2.25. The zero-order valence-corrected chi connectivity index (χ0v) is 11.1. The van der Waals surface area contributed by atoms with Gasteiger partial charge in [0.05, 0.1) is 12.7 Å². The van der Waals surface area contributed by atoms with Crippen LogP contribution in [0.5, 0.6) is 5.88 Å². The predicted octanol–water partition coefficient (Wildman–Crippen LogP) is 1.72. The topological polar surface area (TPSA) is 73.1 Å². The highest BCUT2D eigenvalue weighted by Gasteiger charge is 2.21. The molecule has 1 aliphatic carbocycles. The number of ether oxygens (including phenoxy) is 1. The van der Waals surface area contributed by atoms with E-state index in [9.17, 15) is 0 Å². The van der Waals surface area contributed by atoms with Gasteiger partial charge >= 0.3 is 0 Å². The minimum absolute atomic E-state index is 0.315. The maximum Gasteiger partial charge on any atom is 0.221 e. The lowest BCUT2D eigenvalue weighted by atomic mass is 9.85. The van der Waals surface area contributed by atoms with Crippen LogP contribution in [0.15, 0.2) is 6.33 Å². The summed E-state index contributed by atoms with van der Waals surface area (Å²) in [6, 6.07) is 0.315. The Morgan fingerprint density at radius 1 is 1.39 bits per heavy atom. The van der Waals surface area contributed by atoms with Crippen molar-refractivity contribution in [2.45, 2.75) is 38.6 Å². The average Bonchev–Trinajstić information content (AvgIpc) is 2.39. The number of nitrogens with two attached hydrogens (primary N) is 1.